The highest BCUT2D eigenvalue weighted by atomic mass is 35.5. The van der Waals surface area contributed by atoms with Gasteiger partial charge < -0.3 is 5.32 Å². The third kappa shape index (κ3) is 6.27. The van der Waals surface area contributed by atoms with Gasteiger partial charge in [0.25, 0.3) is 11.8 Å². The molecule has 4 rings (SSSR count). The third-order valence-corrected chi connectivity index (χ3v) is 6.44. The zero-order valence-corrected chi connectivity index (χ0v) is 21.0. The van der Waals surface area contributed by atoms with E-state index in [4.69, 9.17) is 23.8 Å². The molecule has 0 aliphatic carbocycles. The molecule has 1 saturated heterocycles. The van der Waals surface area contributed by atoms with Gasteiger partial charge in [0.15, 0.2) is 5.11 Å². The van der Waals surface area contributed by atoms with Gasteiger partial charge in [-0.05, 0) is 54.0 Å². The third-order valence-electron chi connectivity index (χ3n) is 5.77. The van der Waals surface area contributed by atoms with E-state index in [1.807, 2.05) is 60.7 Å². The van der Waals surface area contributed by atoms with Crippen molar-refractivity contribution in [2.24, 2.45) is 0 Å². The molecule has 9 heteroatoms. The molecule has 7 nitrogen and oxygen atoms in total. The number of hydrogen-bond donors (Lipinski definition) is 2. The molecule has 1 aliphatic heterocycles. The highest BCUT2D eigenvalue weighted by Gasteiger charge is 2.44. The Labute approximate surface area is 220 Å². The first kappa shape index (κ1) is 25.3. The van der Waals surface area contributed by atoms with Crippen LogP contribution in [0.4, 0.5) is 0 Å². The lowest BCUT2D eigenvalue weighted by Gasteiger charge is -2.24. The Bertz CT molecular complexity index is 1240. The Morgan fingerprint density at radius 1 is 0.889 bits per heavy atom. The standard InChI is InChI=1S/C27H25ClN4O3S/c28-22-13-11-21(12-14-22)25(34)30-32-23(17-24(33)29-16-15-19-7-3-1-4-8-19)26(35)31(27(32)36)18-20-9-5-2-6-10-20/h1-14,23H,15-18H2,(H,29,33)(H,30,34). The van der Waals surface area contributed by atoms with Crippen LogP contribution in [0, 0.1) is 0 Å². The molecule has 3 aromatic carbocycles. The second-order valence-corrected chi connectivity index (χ2v) is 9.12. The van der Waals surface area contributed by atoms with Crippen LogP contribution < -0.4 is 10.7 Å². The summed E-state index contributed by atoms with van der Waals surface area (Å²) in [6.07, 6.45) is 0.515. The van der Waals surface area contributed by atoms with E-state index in [2.05, 4.69) is 10.7 Å². The highest BCUT2D eigenvalue weighted by Crippen LogP contribution is 2.22. The van der Waals surface area contributed by atoms with Crippen molar-refractivity contribution in [2.45, 2.75) is 25.4 Å². The number of carbonyl (C=O) groups excluding carboxylic acids is 3. The van der Waals surface area contributed by atoms with Gasteiger partial charge >= 0.3 is 0 Å². The lowest BCUT2D eigenvalue weighted by molar-refractivity contribution is -0.132. The number of benzene rings is 3. The minimum absolute atomic E-state index is 0.133. The van der Waals surface area contributed by atoms with Gasteiger partial charge in [-0.3, -0.25) is 24.7 Å². The second kappa shape index (κ2) is 11.8. The molecule has 184 valence electrons. The lowest BCUT2D eigenvalue weighted by atomic mass is 10.1. The Balaban J connectivity index is 1.47. The molecule has 36 heavy (non-hydrogen) atoms. The largest absolute Gasteiger partial charge is 0.356 e. The van der Waals surface area contributed by atoms with E-state index in [1.165, 1.54) is 9.91 Å². The second-order valence-electron chi connectivity index (χ2n) is 8.32. The maximum Gasteiger partial charge on any atom is 0.269 e. The summed E-state index contributed by atoms with van der Waals surface area (Å²) in [6, 6.07) is 24.6. The molecular formula is C27H25ClN4O3S. The first-order chi connectivity index (χ1) is 17.4. The van der Waals surface area contributed by atoms with Crippen LogP contribution in [0.25, 0.3) is 0 Å². The van der Waals surface area contributed by atoms with Crippen molar-refractivity contribution in [3.05, 3.63) is 107 Å². The summed E-state index contributed by atoms with van der Waals surface area (Å²) in [5.41, 5.74) is 5.04. The topological polar surface area (TPSA) is 81.8 Å². The maximum absolute atomic E-state index is 13.4. The van der Waals surface area contributed by atoms with Crippen molar-refractivity contribution in [2.75, 3.05) is 6.54 Å². The van der Waals surface area contributed by atoms with Gasteiger partial charge in [0.2, 0.25) is 5.91 Å². The van der Waals surface area contributed by atoms with Crippen molar-refractivity contribution >= 4 is 46.7 Å². The number of halogens is 1. The van der Waals surface area contributed by atoms with Crippen LogP contribution >= 0.6 is 23.8 Å². The Morgan fingerprint density at radius 2 is 1.50 bits per heavy atom. The van der Waals surface area contributed by atoms with Crippen LogP contribution in [-0.2, 0) is 22.6 Å². The molecular weight excluding hydrogens is 496 g/mol. The summed E-state index contributed by atoms with van der Waals surface area (Å²) in [5, 5.41) is 4.81. The van der Waals surface area contributed by atoms with Crippen molar-refractivity contribution in [3.63, 3.8) is 0 Å². The smallest absolute Gasteiger partial charge is 0.269 e. The van der Waals surface area contributed by atoms with Gasteiger partial charge in [0, 0.05) is 17.1 Å². The van der Waals surface area contributed by atoms with E-state index in [1.54, 1.807) is 24.3 Å². The fourth-order valence-corrected chi connectivity index (χ4v) is 4.33. The monoisotopic (exact) mass is 520 g/mol. The Kier molecular flexibility index (Phi) is 8.30. The van der Waals surface area contributed by atoms with Gasteiger partial charge in [-0.25, -0.2) is 5.01 Å². The molecule has 1 aliphatic rings. The highest BCUT2D eigenvalue weighted by molar-refractivity contribution is 7.80. The molecule has 0 radical (unpaired) electrons. The number of thiocarbonyl (C=S) groups is 1. The summed E-state index contributed by atoms with van der Waals surface area (Å²) >= 11 is 11.5. The van der Waals surface area contributed by atoms with E-state index in [-0.39, 0.29) is 29.9 Å². The van der Waals surface area contributed by atoms with E-state index in [0.29, 0.717) is 23.6 Å². The molecule has 1 unspecified atom stereocenters. The molecule has 1 atom stereocenters. The molecule has 2 N–H and O–H groups in total. The number of nitrogens with one attached hydrogen (secondary N) is 2. The van der Waals surface area contributed by atoms with Crippen molar-refractivity contribution in [3.8, 4) is 0 Å². The zero-order chi connectivity index (χ0) is 25.5. The maximum atomic E-state index is 13.4. The quantitative estimate of drug-likeness (QED) is 0.420. The summed E-state index contributed by atoms with van der Waals surface area (Å²) < 4.78 is 0. The number of hydrogen-bond acceptors (Lipinski definition) is 4. The number of nitrogens with zero attached hydrogens (tertiary/aromatic N) is 2. The fraction of sp³-hybridized carbons (Fsp3) is 0.185. The number of amides is 3. The summed E-state index contributed by atoms with van der Waals surface area (Å²) in [4.78, 5) is 40.5. The van der Waals surface area contributed by atoms with Gasteiger partial charge in [-0.15, -0.1) is 0 Å². The van der Waals surface area contributed by atoms with E-state index >= 15 is 0 Å². The summed E-state index contributed by atoms with van der Waals surface area (Å²) in [6.45, 7) is 0.664. The van der Waals surface area contributed by atoms with Crippen LogP contribution in [0.1, 0.15) is 27.9 Å². The molecule has 0 saturated carbocycles. The van der Waals surface area contributed by atoms with Crippen molar-refractivity contribution in [1.29, 1.82) is 0 Å². The summed E-state index contributed by atoms with van der Waals surface area (Å²) in [5.74, 6) is -1.12. The van der Waals surface area contributed by atoms with E-state index in [0.717, 1.165) is 11.1 Å². The minimum Gasteiger partial charge on any atom is -0.356 e. The number of rotatable bonds is 9. The lowest BCUT2D eigenvalue weighted by Crippen LogP contribution is -2.50. The molecule has 3 aromatic rings. The average Bonchev–Trinajstić information content (AvgIpc) is 3.09. The number of hydrazine groups is 1. The fourth-order valence-electron chi connectivity index (χ4n) is 3.88. The first-order valence-corrected chi connectivity index (χ1v) is 12.3. The average molecular weight is 521 g/mol. The van der Waals surface area contributed by atoms with Crippen molar-refractivity contribution < 1.29 is 14.4 Å². The van der Waals surface area contributed by atoms with Gasteiger partial charge in [0.05, 0.1) is 13.0 Å². The van der Waals surface area contributed by atoms with Crippen LogP contribution in [0.5, 0.6) is 0 Å². The van der Waals surface area contributed by atoms with Gasteiger partial charge in [-0.2, -0.15) is 0 Å². The number of carbonyl (C=O) groups is 3. The molecule has 0 bridgehead atoms. The van der Waals surface area contributed by atoms with Crippen LogP contribution in [0.2, 0.25) is 5.02 Å². The molecule has 1 heterocycles. The predicted molar refractivity (Wildman–Crippen MR) is 142 cm³/mol. The minimum atomic E-state index is -0.964. The van der Waals surface area contributed by atoms with Gasteiger partial charge in [-0.1, -0.05) is 72.3 Å². The normalized spacial score (nSPS) is 15.2. The Hall–Kier alpha value is -3.75. The van der Waals surface area contributed by atoms with E-state index < -0.39 is 11.9 Å². The molecule has 0 spiro atoms. The van der Waals surface area contributed by atoms with Gasteiger partial charge in [0.1, 0.15) is 6.04 Å². The summed E-state index contributed by atoms with van der Waals surface area (Å²) in [7, 11) is 0. The van der Waals surface area contributed by atoms with E-state index in [9.17, 15) is 14.4 Å². The van der Waals surface area contributed by atoms with Crippen LogP contribution in [-0.4, -0.2) is 45.3 Å². The van der Waals surface area contributed by atoms with Crippen molar-refractivity contribution in [1.82, 2.24) is 20.7 Å². The van der Waals surface area contributed by atoms with Crippen LogP contribution in [0.15, 0.2) is 84.9 Å². The molecule has 1 fully saturated rings. The predicted octanol–water partition coefficient (Wildman–Crippen LogP) is 3.73. The SMILES string of the molecule is O=C(CC1C(=O)N(Cc2ccccc2)C(=S)N1NC(=O)c1ccc(Cl)cc1)NCCc1ccccc1. The zero-order valence-electron chi connectivity index (χ0n) is 19.4. The Morgan fingerprint density at radius 3 is 2.14 bits per heavy atom. The molecule has 0 aromatic heterocycles. The molecule has 3 amide bonds. The van der Waals surface area contributed by atoms with Crippen LogP contribution in [0.3, 0.4) is 0 Å². The first-order valence-electron chi connectivity index (χ1n) is 11.5.